The summed E-state index contributed by atoms with van der Waals surface area (Å²) in [4.78, 5) is 6.36. The molecule has 0 spiro atoms. The number of likely N-dealkylation sites (N-methyl/N-ethyl adjacent to an activating group) is 1. The SMILES string of the molecule is Cc1cccc(CN(C)C(C)C(N)=NO)n1. The van der Waals surface area contributed by atoms with E-state index in [-0.39, 0.29) is 11.9 Å². The molecular weight excluding hydrogens is 204 g/mol. The van der Waals surface area contributed by atoms with Crippen molar-refractivity contribution in [3.63, 3.8) is 0 Å². The van der Waals surface area contributed by atoms with Gasteiger partial charge in [0.15, 0.2) is 5.84 Å². The Hall–Kier alpha value is -1.62. The monoisotopic (exact) mass is 222 g/mol. The average Bonchev–Trinajstić information content (AvgIpc) is 2.27. The average molecular weight is 222 g/mol. The summed E-state index contributed by atoms with van der Waals surface area (Å²) in [6.45, 7) is 4.50. The van der Waals surface area contributed by atoms with E-state index in [1.807, 2.05) is 44.0 Å². The van der Waals surface area contributed by atoms with E-state index in [1.165, 1.54) is 0 Å². The zero-order valence-electron chi connectivity index (χ0n) is 9.88. The minimum Gasteiger partial charge on any atom is -0.409 e. The van der Waals surface area contributed by atoms with Gasteiger partial charge in [-0.1, -0.05) is 11.2 Å². The summed E-state index contributed by atoms with van der Waals surface area (Å²) in [5.41, 5.74) is 7.50. The van der Waals surface area contributed by atoms with Crippen molar-refractivity contribution >= 4 is 5.84 Å². The number of aryl methyl sites for hydroxylation is 1. The molecule has 1 atom stereocenters. The van der Waals surface area contributed by atoms with Crippen LogP contribution in [0.3, 0.4) is 0 Å². The molecule has 0 radical (unpaired) electrons. The first-order chi connectivity index (χ1) is 7.54. The number of hydrogen-bond donors (Lipinski definition) is 2. The Balaban J connectivity index is 2.67. The highest BCUT2D eigenvalue weighted by atomic mass is 16.4. The summed E-state index contributed by atoms with van der Waals surface area (Å²) in [5.74, 6) is 0.204. The molecule has 0 bridgehead atoms. The highest BCUT2D eigenvalue weighted by Gasteiger charge is 2.14. The number of oxime groups is 1. The van der Waals surface area contributed by atoms with Crippen LogP contribution in [0.5, 0.6) is 0 Å². The van der Waals surface area contributed by atoms with Gasteiger partial charge in [-0.25, -0.2) is 0 Å². The van der Waals surface area contributed by atoms with Crippen LogP contribution in [0, 0.1) is 6.92 Å². The van der Waals surface area contributed by atoms with Gasteiger partial charge in [-0.05, 0) is 33.0 Å². The molecule has 0 aromatic carbocycles. The van der Waals surface area contributed by atoms with E-state index in [9.17, 15) is 0 Å². The smallest absolute Gasteiger partial charge is 0.156 e. The van der Waals surface area contributed by atoms with E-state index < -0.39 is 0 Å². The molecule has 0 fully saturated rings. The molecule has 1 heterocycles. The lowest BCUT2D eigenvalue weighted by atomic mass is 10.2. The summed E-state index contributed by atoms with van der Waals surface area (Å²) < 4.78 is 0. The molecule has 0 amide bonds. The maximum absolute atomic E-state index is 8.58. The molecule has 1 aromatic rings. The molecule has 1 unspecified atom stereocenters. The van der Waals surface area contributed by atoms with Gasteiger partial charge < -0.3 is 10.9 Å². The summed E-state index contributed by atoms with van der Waals surface area (Å²) in [5, 5.41) is 11.6. The van der Waals surface area contributed by atoms with Crippen LogP contribution in [0.4, 0.5) is 0 Å². The zero-order valence-corrected chi connectivity index (χ0v) is 9.88. The number of rotatable bonds is 4. The van der Waals surface area contributed by atoms with Crippen LogP contribution in [0.2, 0.25) is 0 Å². The van der Waals surface area contributed by atoms with Crippen molar-refractivity contribution in [3.05, 3.63) is 29.6 Å². The number of nitrogens with zero attached hydrogens (tertiary/aromatic N) is 3. The van der Waals surface area contributed by atoms with Crippen molar-refractivity contribution < 1.29 is 5.21 Å². The standard InChI is InChI=1S/C11H18N4O/c1-8-5-4-6-10(13-8)7-15(3)9(2)11(12)14-16/h4-6,9,16H,7H2,1-3H3,(H2,12,14). The quantitative estimate of drug-likeness (QED) is 0.344. The third-order valence-corrected chi connectivity index (χ3v) is 2.56. The first kappa shape index (κ1) is 12.4. The van der Waals surface area contributed by atoms with Gasteiger partial charge >= 0.3 is 0 Å². The second-order valence-electron chi connectivity index (χ2n) is 3.89. The minimum atomic E-state index is -0.118. The van der Waals surface area contributed by atoms with Crippen LogP contribution >= 0.6 is 0 Å². The fourth-order valence-electron chi connectivity index (χ4n) is 1.39. The highest BCUT2D eigenvalue weighted by molar-refractivity contribution is 5.84. The van der Waals surface area contributed by atoms with E-state index in [0.29, 0.717) is 6.54 Å². The Kier molecular flexibility index (Phi) is 4.25. The Labute approximate surface area is 95.6 Å². The normalized spacial score (nSPS) is 14.1. The van der Waals surface area contributed by atoms with Crippen LogP contribution in [0.25, 0.3) is 0 Å². The molecule has 5 heteroatoms. The fourth-order valence-corrected chi connectivity index (χ4v) is 1.39. The van der Waals surface area contributed by atoms with Gasteiger partial charge in [0.25, 0.3) is 0 Å². The number of hydrogen-bond acceptors (Lipinski definition) is 4. The Morgan fingerprint density at radius 3 is 2.88 bits per heavy atom. The molecule has 0 saturated heterocycles. The number of amidine groups is 1. The van der Waals surface area contributed by atoms with Gasteiger partial charge in [-0.15, -0.1) is 0 Å². The van der Waals surface area contributed by atoms with Gasteiger partial charge in [0.2, 0.25) is 0 Å². The highest BCUT2D eigenvalue weighted by Crippen LogP contribution is 2.05. The fraction of sp³-hybridized carbons (Fsp3) is 0.455. The van der Waals surface area contributed by atoms with Crippen LogP contribution < -0.4 is 5.73 Å². The largest absolute Gasteiger partial charge is 0.409 e. The molecule has 1 rings (SSSR count). The second kappa shape index (κ2) is 5.46. The van der Waals surface area contributed by atoms with Gasteiger partial charge in [0, 0.05) is 12.2 Å². The molecular formula is C11H18N4O. The third kappa shape index (κ3) is 3.20. The van der Waals surface area contributed by atoms with E-state index in [0.717, 1.165) is 11.4 Å². The molecule has 1 aromatic heterocycles. The Bertz CT molecular complexity index is 378. The molecule has 88 valence electrons. The number of nitrogens with two attached hydrogens (primary N) is 1. The van der Waals surface area contributed by atoms with Gasteiger partial charge in [-0.2, -0.15) is 0 Å². The maximum atomic E-state index is 8.58. The lowest BCUT2D eigenvalue weighted by Crippen LogP contribution is -2.40. The third-order valence-electron chi connectivity index (χ3n) is 2.56. The van der Waals surface area contributed by atoms with Crippen molar-refractivity contribution in [2.75, 3.05) is 7.05 Å². The van der Waals surface area contributed by atoms with Crippen LogP contribution in [-0.4, -0.2) is 34.0 Å². The summed E-state index contributed by atoms with van der Waals surface area (Å²) in [6, 6.07) is 5.77. The van der Waals surface area contributed by atoms with Crippen molar-refractivity contribution in [2.24, 2.45) is 10.9 Å². The predicted molar refractivity (Wildman–Crippen MR) is 63.3 cm³/mol. The molecule has 0 aliphatic rings. The summed E-state index contributed by atoms with van der Waals surface area (Å²) in [6.07, 6.45) is 0. The van der Waals surface area contributed by atoms with Crippen molar-refractivity contribution in [2.45, 2.75) is 26.4 Å². The van der Waals surface area contributed by atoms with E-state index in [1.54, 1.807) is 0 Å². The second-order valence-corrected chi connectivity index (χ2v) is 3.89. The van der Waals surface area contributed by atoms with Gasteiger partial charge in [0.1, 0.15) is 0 Å². The molecule has 5 nitrogen and oxygen atoms in total. The topological polar surface area (TPSA) is 74.7 Å². The first-order valence-electron chi connectivity index (χ1n) is 5.14. The number of aromatic nitrogens is 1. The van der Waals surface area contributed by atoms with Gasteiger partial charge in [0.05, 0.1) is 11.7 Å². The molecule has 16 heavy (non-hydrogen) atoms. The predicted octanol–water partition coefficient (Wildman–Crippen LogP) is 0.957. The lowest BCUT2D eigenvalue weighted by molar-refractivity contribution is 0.277. The van der Waals surface area contributed by atoms with Crippen LogP contribution in [0.1, 0.15) is 18.3 Å². The zero-order chi connectivity index (χ0) is 12.1. The molecule has 0 saturated carbocycles. The van der Waals surface area contributed by atoms with Crippen molar-refractivity contribution in [3.8, 4) is 0 Å². The van der Waals surface area contributed by atoms with E-state index in [4.69, 9.17) is 10.9 Å². The van der Waals surface area contributed by atoms with Gasteiger partial charge in [-0.3, -0.25) is 9.88 Å². The summed E-state index contributed by atoms with van der Waals surface area (Å²) in [7, 11) is 1.91. The summed E-state index contributed by atoms with van der Waals surface area (Å²) >= 11 is 0. The molecule has 3 N–H and O–H groups in total. The van der Waals surface area contributed by atoms with Crippen LogP contribution in [-0.2, 0) is 6.54 Å². The Morgan fingerprint density at radius 1 is 1.62 bits per heavy atom. The molecule has 0 aliphatic heterocycles. The minimum absolute atomic E-state index is 0.118. The number of pyridine rings is 1. The molecule has 0 aliphatic carbocycles. The van der Waals surface area contributed by atoms with Crippen molar-refractivity contribution in [1.29, 1.82) is 0 Å². The van der Waals surface area contributed by atoms with E-state index >= 15 is 0 Å². The van der Waals surface area contributed by atoms with E-state index in [2.05, 4.69) is 10.1 Å². The first-order valence-corrected chi connectivity index (χ1v) is 5.14. The van der Waals surface area contributed by atoms with Crippen LogP contribution in [0.15, 0.2) is 23.4 Å². The lowest BCUT2D eigenvalue weighted by Gasteiger charge is -2.22. The van der Waals surface area contributed by atoms with Crippen molar-refractivity contribution in [1.82, 2.24) is 9.88 Å². The Morgan fingerprint density at radius 2 is 2.31 bits per heavy atom. The maximum Gasteiger partial charge on any atom is 0.156 e.